The lowest BCUT2D eigenvalue weighted by molar-refractivity contribution is -0.384. The Hall–Kier alpha value is -3.20. The second-order valence-electron chi connectivity index (χ2n) is 6.52. The Bertz CT molecular complexity index is 989. The summed E-state index contributed by atoms with van der Waals surface area (Å²) in [5, 5.41) is 10.1. The van der Waals surface area contributed by atoms with Gasteiger partial charge in [-0.3, -0.25) is 24.5 Å². The lowest BCUT2D eigenvalue weighted by Crippen LogP contribution is -2.21. The summed E-state index contributed by atoms with van der Waals surface area (Å²) < 4.78 is 5.12. The number of carbonyl (C=O) groups excluding carboxylic acids is 3. The number of ether oxygens (including phenoxy) is 1. The molecule has 0 N–H and O–H groups in total. The van der Waals surface area contributed by atoms with Gasteiger partial charge in [0.25, 0.3) is 5.69 Å². The fourth-order valence-electron chi connectivity index (χ4n) is 2.88. The largest absolute Gasteiger partial charge is 0.456 e. The third-order valence-electron chi connectivity index (χ3n) is 4.52. The van der Waals surface area contributed by atoms with Gasteiger partial charge in [-0.05, 0) is 42.8 Å². The number of hydrogen-bond donors (Lipinski definition) is 0. The van der Waals surface area contributed by atoms with Crippen molar-refractivity contribution in [3.8, 4) is 0 Å². The van der Waals surface area contributed by atoms with Gasteiger partial charge in [-0.15, -0.1) is 11.8 Å². The van der Waals surface area contributed by atoms with Gasteiger partial charge in [-0.25, -0.2) is 0 Å². The molecule has 2 aromatic rings. The molecule has 150 valence electrons. The first kappa shape index (κ1) is 20.5. The van der Waals surface area contributed by atoms with Gasteiger partial charge >= 0.3 is 5.97 Å². The number of non-ortho nitro benzene ring substituents is 1. The van der Waals surface area contributed by atoms with Crippen molar-refractivity contribution in [2.24, 2.45) is 0 Å². The summed E-state index contributed by atoms with van der Waals surface area (Å²) in [5.41, 5.74) is 1.90. The minimum atomic E-state index is -0.587. The summed E-state index contributed by atoms with van der Waals surface area (Å²) >= 11 is 1.18. The minimum Gasteiger partial charge on any atom is -0.456 e. The molecule has 0 unspecified atom stereocenters. The Labute approximate surface area is 171 Å². The summed E-state index contributed by atoms with van der Waals surface area (Å²) in [6.45, 7) is 1.24. The molecule has 1 amide bonds. The molecule has 1 aliphatic rings. The molecule has 0 aliphatic carbocycles. The molecule has 0 saturated carbocycles. The maximum atomic E-state index is 12.3. The van der Waals surface area contributed by atoms with Gasteiger partial charge in [0.15, 0.2) is 12.4 Å². The van der Waals surface area contributed by atoms with Crippen LogP contribution in [0.4, 0.5) is 11.4 Å². The monoisotopic (exact) mass is 414 g/mol. The van der Waals surface area contributed by atoms with Crippen molar-refractivity contribution >= 4 is 40.8 Å². The number of hydrogen-bond acceptors (Lipinski definition) is 7. The molecule has 8 nitrogen and oxygen atoms in total. The number of benzene rings is 2. The average molecular weight is 414 g/mol. The smallest absolute Gasteiger partial charge is 0.319 e. The number of nitro benzene ring substituents is 1. The molecule has 29 heavy (non-hydrogen) atoms. The summed E-state index contributed by atoms with van der Waals surface area (Å²) in [4.78, 5) is 48.7. The van der Waals surface area contributed by atoms with E-state index in [4.69, 9.17) is 4.74 Å². The second-order valence-corrected chi connectivity index (χ2v) is 7.93. The molecule has 1 aliphatic heterocycles. The molecule has 3 rings (SSSR count). The molecule has 0 bridgehead atoms. The molecule has 0 radical (unpaired) electrons. The number of ketones is 1. The maximum Gasteiger partial charge on any atom is 0.319 e. The van der Waals surface area contributed by atoms with E-state index in [-0.39, 0.29) is 23.8 Å². The lowest BCUT2D eigenvalue weighted by Gasteiger charge is -2.12. The number of likely N-dealkylation sites (N-methyl/N-ethyl adjacent to an activating group) is 1. The highest BCUT2D eigenvalue weighted by Gasteiger charge is 2.25. The first-order valence-electron chi connectivity index (χ1n) is 8.76. The van der Waals surface area contributed by atoms with E-state index in [0.717, 1.165) is 11.3 Å². The van der Waals surface area contributed by atoms with Crippen LogP contribution in [0.2, 0.25) is 0 Å². The van der Waals surface area contributed by atoms with E-state index in [0.29, 0.717) is 10.5 Å². The normalized spacial score (nSPS) is 13.7. The highest BCUT2D eigenvalue weighted by atomic mass is 32.2. The van der Waals surface area contributed by atoms with Crippen molar-refractivity contribution in [2.45, 2.75) is 23.5 Å². The van der Waals surface area contributed by atoms with Gasteiger partial charge in [0, 0.05) is 35.3 Å². The SMILES string of the molecule is C[C@H](Sc1ccc([N+](=O)[O-])cc1)C(=O)OCC(=O)c1ccc2c(c1)CC(=O)N2C. The summed E-state index contributed by atoms with van der Waals surface area (Å²) in [7, 11) is 1.68. The Morgan fingerprint density at radius 3 is 2.59 bits per heavy atom. The molecule has 1 atom stereocenters. The topological polar surface area (TPSA) is 107 Å². The quantitative estimate of drug-likeness (QED) is 0.225. The van der Waals surface area contributed by atoms with Crippen LogP contribution < -0.4 is 4.90 Å². The van der Waals surface area contributed by atoms with Crippen LogP contribution in [0.25, 0.3) is 0 Å². The van der Waals surface area contributed by atoms with E-state index >= 15 is 0 Å². The molecule has 0 saturated heterocycles. The molecule has 0 spiro atoms. The van der Waals surface area contributed by atoms with Gasteiger partial charge < -0.3 is 9.64 Å². The molecule has 0 aromatic heterocycles. The molecule has 2 aromatic carbocycles. The second kappa shape index (κ2) is 8.44. The fraction of sp³-hybridized carbons (Fsp3) is 0.250. The first-order chi connectivity index (χ1) is 13.8. The highest BCUT2D eigenvalue weighted by Crippen LogP contribution is 2.29. The van der Waals surface area contributed by atoms with Crippen LogP contribution in [0.1, 0.15) is 22.8 Å². The van der Waals surface area contributed by atoms with Crippen LogP contribution in [-0.4, -0.2) is 41.5 Å². The van der Waals surface area contributed by atoms with Crippen LogP contribution in [0.5, 0.6) is 0 Å². The van der Waals surface area contributed by atoms with Gasteiger partial charge in [-0.2, -0.15) is 0 Å². The Kier molecular flexibility index (Phi) is 5.97. The van der Waals surface area contributed by atoms with E-state index in [9.17, 15) is 24.5 Å². The Morgan fingerprint density at radius 1 is 1.24 bits per heavy atom. The van der Waals surface area contributed by atoms with Crippen molar-refractivity contribution in [1.82, 2.24) is 0 Å². The number of anilines is 1. The number of rotatable bonds is 7. The molecule has 1 heterocycles. The van der Waals surface area contributed by atoms with Crippen molar-refractivity contribution in [3.63, 3.8) is 0 Å². The summed E-state index contributed by atoms with van der Waals surface area (Å²) in [6.07, 6.45) is 0.246. The maximum absolute atomic E-state index is 12.3. The van der Waals surface area contributed by atoms with E-state index < -0.39 is 22.7 Å². The number of Topliss-reactive ketones (excluding diaryl/α,β-unsaturated/α-hetero) is 1. The fourth-order valence-corrected chi connectivity index (χ4v) is 3.75. The van der Waals surface area contributed by atoms with Crippen molar-refractivity contribution in [3.05, 3.63) is 63.7 Å². The highest BCUT2D eigenvalue weighted by molar-refractivity contribution is 8.00. The van der Waals surface area contributed by atoms with E-state index in [1.807, 2.05) is 0 Å². The van der Waals surface area contributed by atoms with Crippen LogP contribution in [-0.2, 0) is 20.7 Å². The predicted octanol–water partition coefficient (Wildman–Crippen LogP) is 3.02. The van der Waals surface area contributed by atoms with Crippen LogP contribution in [0, 0.1) is 10.1 Å². The summed E-state index contributed by atoms with van der Waals surface area (Å²) in [5.74, 6) is -0.943. The number of nitrogens with zero attached hydrogens (tertiary/aromatic N) is 2. The molecule has 9 heteroatoms. The number of carbonyl (C=O) groups is 3. The van der Waals surface area contributed by atoms with Crippen LogP contribution >= 0.6 is 11.8 Å². The van der Waals surface area contributed by atoms with Gasteiger partial charge in [-0.1, -0.05) is 0 Å². The van der Waals surface area contributed by atoms with Crippen molar-refractivity contribution < 1.29 is 24.0 Å². The zero-order chi connectivity index (χ0) is 21.1. The van der Waals surface area contributed by atoms with Crippen LogP contribution in [0.3, 0.4) is 0 Å². The predicted molar refractivity (Wildman–Crippen MR) is 107 cm³/mol. The third-order valence-corrected chi connectivity index (χ3v) is 5.61. The van der Waals surface area contributed by atoms with E-state index in [1.54, 1.807) is 49.2 Å². The summed E-state index contributed by atoms with van der Waals surface area (Å²) in [6, 6.07) is 10.8. The number of thioether (sulfide) groups is 1. The zero-order valence-electron chi connectivity index (χ0n) is 15.8. The average Bonchev–Trinajstić information content (AvgIpc) is 2.99. The third kappa shape index (κ3) is 4.62. The van der Waals surface area contributed by atoms with E-state index in [1.165, 1.54) is 23.9 Å². The van der Waals surface area contributed by atoms with Crippen LogP contribution in [0.15, 0.2) is 47.4 Å². The Balaban J connectivity index is 1.54. The molecular formula is C20H18N2O6S. The van der Waals surface area contributed by atoms with Crippen molar-refractivity contribution in [2.75, 3.05) is 18.6 Å². The minimum absolute atomic E-state index is 0.0302. The van der Waals surface area contributed by atoms with Gasteiger partial charge in [0.1, 0.15) is 5.25 Å². The zero-order valence-corrected chi connectivity index (χ0v) is 16.6. The Morgan fingerprint density at radius 2 is 1.93 bits per heavy atom. The lowest BCUT2D eigenvalue weighted by atomic mass is 10.1. The number of amides is 1. The van der Waals surface area contributed by atoms with Gasteiger partial charge in [0.2, 0.25) is 5.91 Å². The first-order valence-corrected chi connectivity index (χ1v) is 9.64. The molecular weight excluding hydrogens is 396 g/mol. The van der Waals surface area contributed by atoms with E-state index in [2.05, 4.69) is 0 Å². The van der Waals surface area contributed by atoms with Crippen molar-refractivity contribution in [1.29, 1.82) is 0 Å². The number of fused-ring (bicyclic) bond motifs is 1. The number of esters is 1. The number of nitro groups is 1. The molecule has 0 fully saturated rings. The van der Waals surface area contributed by atoms with Gasteiger partial charge in [0.05, 0.1) is 11.3 Å². The standard InChI is InChI=1S/C20H18N2O6S/c1-12(29-16-6-4-15(5-7-16)22(26)27)20(25)28-11-18(23)13-3-8-17-14(9-13)10-19(24)21(17)2/h3-9,12H,10-11H2,1-2H3/t12-/m0/s1.